The van der Waals surface area contributed by atoms with Crippen LogP contribution in [0.2, 0.25) is 0 Å². The van der Waals surface area contributed by atoms with E-state index in [2.05, 4.69) is 10.3 Å². The van der Waals surface area contributed by atoms with Gasteiger partial charge in [0.15, 0.2) is 0 Å². The molecule has 1 aromatic carbocycles. The van der Waals surface area contributed by atoms with E-state index in [1.807, 2.05) is 6.92 Å². The third-order valence-electron chi connectivity index (χ3n) is 3.05. The molecule has 1 amide bonds. The molecule has 112 valence electrons. The van der Waals surface area contributed by atoms with Gasteiger partial charge < -0.3 is 5.32 Å². The number of aromatic nitrogens is 1. The van der Waals surface area contributed by atoms with Crippen molar-refractivity contribution in [1.82, 2.24) is 4.98 Å². The Morgan fingerprint density at radius 2 is 2.18 bits per heavy atom. The zero-order valence-corrected chi connectivity index (χ0v) is 13.2. The number of carbonyl (C=O) groups is 1. The molecule has 1 aromatic heterocycles. The highest BCUT2D eigenvalue weighted by Crippen LogP contribution is 2.29. The van der Waals surface area contributed by atoms with E-state index in [1.54, 1.807) is 30.5 Å². The lowest BCUT2D eigenvalue weighted by Gasteiger charge is -2.05. The van der Waals surface area contributed by atoms with Crippen molar-refractivity contribution in [2.24, 2.45) is 0 Å². The SMILES string of the molecule is Cc1ncc(/C=C/C(=O)Nc2ccc3c(c2)S(=O)(=O)C=C3)s1. The largest absolute Gasteiger partial charge is 0.322 e. The Labute approximate surface area is 131 Å². The summed E-state index contributed by atoms with van der Waals surface area (Å²) >= 11 is 1.49. The molecule has 3 rings (SSSR count). The van der Waals surface area contributed by atoms with E-state index in [0.29, 0.717) is 11.3 Å². The van der Waals surface area contributed by atoms with Crippen LogP contribution in [-0.4, -0.2) is 19.3 Å². The van der Waals surface area contributed by atoms with Crippen LogP contribution in [0.4, 0.5) is 5.69 Å². The normalized spacial score (nSPS) is 15.1. The molecule has 2 aromatic rings. The van der Waals surface area contributed by atoms with Gasteiger partial charge in [0.25, 0.3) is 0 Å². The maximum Gasteiger partial charge on any atom is 0.248 e. The van der Waals surface area contributed by atoms with Gasteiger partial charge in [-0.3, -0.25) is 4.79 Å². The average Bonchev–Trinajstić information content (AvgIpc) is 3.01. The molecule has 5 nitrogen and oxygen atoms in total. The van der Waals surface area contributed by atoms with Gasteiger partial charge in [-0.15, -0.1) is 11.3 Å². The van der Waals surface area contributed by atoms with Crippen molar-refractivity contribution in [2.75, 3.05) is 5.32 Å². The summed E-state index contributed by atoms with van der Waals surface area (Å²) in [5.41, 5.74) is 1.08. The molecule has 0 saturated heterocycles. The number of hydrogen-bond donors (Lipinski definition) is 1. The number of sulfone groups is 1. The van der Waals surface area contributed by atoms with Crippen molar-refractivity contribution in [3.05, 3.63) is 51.3 Å². The van der Waals surface area contributed by atoms with Crippen LogP contribution < -0.4 is 5.32 Å². The molecule has 1 aliphatic heterocycles. The quantitative estimate of drug-likeness (QED) is 0.877. The van der Waals surface area contributed by atoms with E-state index in [9.17, 15) is 13.2 Å². The number of aryl methyl sites for hydroxylation is 1. The first-order valence-electron chi connectivity index (χ1n) is 6.43. The minimum absolute atomic E-state index is 0.215. The number of benzene rings is 1. The number of hydrogen-bond acceptors (Lipinski definition) is 5. The number of fused-ring (bicyclic) bond motifs is 1. The van der Waals surface area contributed by atoms with Crippen molar-refractivity contribution in [3.8, 4) is 0 Å². The van der Waals surface area contributed by atoms with Crippen LogP contribution in [0.15, 0.2) is 40.8 Å². The Morgan fingerprint density at radius 3 is 2.91 bits per heavy atom. The first-order chi connectivity index (χ1) is 10.4. The van der Waals surface area contributed by atoms with Gasteiger partial charge in [-0.2, -0.15) is 0 Å². The van der Waals surface area contributed by atoms with Gasteiger partial charge >= 0.3 is 0 Å². The molecule has 7 heteroatoms. The van der Waals surface area contributed by atoms with E-state index < -0.39 is 9.84 Å². The molecule has 0 spiro atoms. The van der Waals surface area contributed by atoms with Gasteiger partial charge in [0.1, 0.15) is 0 Å². The maximum absolute atomic E-state index is 11.9. The second kappa shape index (κ2) is 5.51. The molecule has 2 heterocycles. The van der Waals surface area contributed by atoms with Gasteiger partial charge in [-0.1, -0.05) is 6.07 Å². The second-order valence-electron chi connectivity index (χ2n) is 4.70. The Kier molecular flexibility index (Phi) is 3.67. The first-order valence-corrected chi connectivity index (χ1v) is 8.79. The molecule has 0 bridgehead atoms. The molecule has 0 fully saturated rings. The van der Waals surface area contributed by atoms with Gasteiger partial charge in [-0.05, 0) is 36.8 Å². The highest BCUT2D eigenvalue weighted by Gasteiger charge is 2.20. The molecular formula is C15H12N2O3S2. The molecule has 0 atom stereocenters. The van der Waals surface area contributed by atoms with Crippen molar-refractivity contribution in [3.63, 3.8) is 0 Å². The van der Waals surface area contributed by atoms with Crippen LogP contribution in [0, 0.1) is 6.92 Å². The zero-order chi connectivity index (χ0) is 15.7. The molecule has 0 radical (unpaired) electrons. The van der Waals surface area contributed by atoms with E-state index in [-0.39, 0.29) is 10.8 Å². The van der Waals surface area contributed by atoms with Gasteiger partial charge in [0.2, 0.25) is 15.7 Å². The molecule has 1 aliphatic rings. The van der Waals surface area contributed by atoms with Crippen LogP contribution in [0.5, 0.6) is 0 Å². The van der Waals surface area contributed by atoms with Crippen LogP contribution in [0.3, 0.4) is 0 Å². The molecular weight excluding hydrogens is 320 g/mol. The fourth-order valence-electron chi connectivity index (χ4n) is 2.03. The van der Waals surface area contributed by atoms with E-state index in [0.717, 1.165) is 15.3 Å². The summed E-state index contributed by atoms with van der Waals surface area (Å²) < 4.78 is 23.6. The summed E-state index contributed by atoms with van der Waals surface area (Å²) in [6.45, 7) is 1.89. The summed E-state index contributed by atoms with van der Waals surface area (Å²) in [5, 5.41) is 4.74. The second-order valence-corrected chi connectivity index (χ2v) is 7.77. The lowest BCUT2D eigenvalue weighted by Crippen LogP contribution is -2.08. The van der Waals surface area contributed by atoms with Crippen LogP contribution in [-0.2, 0) is 14.6 Å². The number of thiazole rings is 1. The standard InChI is InChI=1S/C15H12N2O3S2/c1-10-16-9-13(21-10)4-5-15(18)17-12-3-2-11-6-7-22(19,20)14(11)8-12/h2-9H,1H3,(H,17,18)/b5-4+. The third kappa shape index (κ3) is 3.00. The topological polar surface area (TPSA) is 76.1 Å². The highest BCUT2D eigenvalue weighted by molar-refractivity contribution is 7.94. The number of carbonyl (C=O) groups excluding carboxylic acids is 1. The predicted molar refractivity (Wildman–Crippen MR) is 87.2 cm³/mol. The molecule has 22 heavy (non-hydrogen) atoms. The molecule has 1 N–H and O–H groups in total. The Morgan fingerprint density at radius 1 is 1.36 bits per heavy atom. The number of nitrogens with zero attached hydrogens (tertiary/aromatic N) is 1. The molecule has 0 unspecified atom stereocenters. The summed E-state index contributed by atoms with van der Waals surface area (Å²) in [6, 6.07) is 4.81. The predicted octanol–water partition coefficient (Wildman–Crippen LogP) is 2.86. The fraction of sp³-hybridized carbons (Fsp3) is 0.0667. The Bertz CT molecular complexity index is 909. The van der Waals surface area contributed by atoms with Crippen LogP contribution in [0.25, 0.3) is 12.2 Å². The van der Waals surface area contributed by atoms with Crippen molar-refractivity contribution < 1.29 is 13.2 Å². The van der Waals surface area contributed by atoms with Crippen LogP contribution >= 0.6 is 11.3 Å². The van der Waals surface area contributed by atoms with E-state index >= 15 is 0 Å². The van der Waals surface area contributed by atoms with E-state index in [4.69, 9.17) is 0 Å². The van der Waals surface area contributed by atoms with Crippen molar-refractivity contribution in [2.45, 2.75) is 11.8 Å². The first kappa shape index (κ1) is 14.7. The minimum Gasteiger partial charge on any atom is -0.322 e. The third-order valence-corrected chi connectivity index (χ3v) is 5.39. The number of amides is 1. The van der Waals surface area contributed by atoms with Gasteiger partial charge in [-0.25, -0.2) is 13.4 Å². The molecule has 0 aliphatic carbocycles. The summed E-state index contributed by atoms with van der Waals surface area (Å²) in [5.74, 6) is -0.325. The average molecular weight is 332 g/mol. The lowest BCUT2D eigenvalue weighted by atomic mass is 10.2. The van der Waals surface area contributed by atoms with Gasteiger partial charge in [0.05, 0.1) is 9.90 Å². The lowest BCUT2D eigenvalue weighted by molar-refractivity contribution is -0.111. The number of rotatable bonds is 3. The van der Waals surface area contributed by atoms with Crippen molar-refractivity contribution in [1.29, 1.82) is 0 Å². The minimum atomic E-state index is -3.37. The fourth-order valence-corrected chi connectivity index (χ4v) is 3.95. The summed E-state index contributed by atoms with van der Waals surface area (Å²) in [6.07, 6.45) is 6.30. The van der Waals surface area contributed by atoms with E-state index in [1.165, 1.54) is 23.5 Å². The smallest absolute Gasteiger partial charge is 0.248 e. The zero-order valence-electron chi connectivity index (χ0n) is 11.6. The number of anilines is 1. The summed E-state index contributed by atoms with van der Waals surface area (Å²) in [4.78, 5) is 17.1. The highest BCUT2D eigenvalue weighted by atomic mass is 32.2. The van der Waals surface area contributed by atoms with Crippen LogP contribution in [0.1, 0.15) is 15.4 Å². The van der Waals surface area contributed by atoms with Crippen molar-refractivity contribution >= 4 is 44.9 Å². The van der Waals surface area contributed by atoms with Gasteiger partial charge in [0, 0.05) is 28.2 Å². The Hall–Kier alpha value is -2.25. The molecule has 0 saturated carbocycles. The Balaban J connectivity index is 1.74. The summed E-state index contributed by atoms with van der Waals surface area (Å²) in [7, 11) is -3.37. The maximum atomic E-state index is 11.9. The monoisotopic (exact) mass is 332 g/mol. The number of nitrogens with one attached hydrogen (secondary N) is 1.